The summed E-state index contributed by atoms with van der Waals surface area (Å²) in [5.41, 5.74) is -0.0368. The lowest BCUT2D eigenvalue weighted by molar-refractivity contribution is -0.152. The molecule has 2 N–H and O–H groups in total. The fourth-order valence-corrected chi connectivity index (χ4v) is 9.05. The third kappa shape index (κ3) is 9.44. The Labute approximate surface area is 361 Å². The number of para-hydroxylation sites is 1. The third-order valence-electron chi connectivity index (χ3n) is 11.5. The van der Waals surface area contributed by atoms with Crippen LogP contribution in [0.25, 0.3) is 27.7 Å². The van der Waals surface area contributed by atoms with Crippen molar-refractivity contribution in [3.05, 3.63) is 147 Å². The van der Waals surface area contributed by atoms with E-state index in [1.54, 1.807) is 68.0 Å². The average Bonchev–Trinajstić information content (AvgIpc) is 3.30. The Morgan fingerprint density at radius 2 is 1.54 bits per heavy atom. The van der Waals surface area contributed by atoms with Crippen LogP contribution in [0.5, 0.6) is 0 Å². The molecule has 63 heavy (non-hydrogen) atoms. The zero-order valence-corrected chi connectivity index (χ0v) is 35.1. The van der Waals surface area contributed by atoms with Gasteiger partial charge in [0.1, 0.15) is 29.6 Å². The van der Waals surface area contributed by atoms with Crippen LogP contribution in [0.15, 0.2) is 112 Å². The number of hydrogen-bond donors (Lipinski definition) is 2. The molecule has 2 aliphatic rings. The number of esters is 1. The molecule has 3 heterocycles. The van der Waals surface area contributed by atoms with Gasteiger partial charge in [0, 0.05) is 56.6 Å². The predicted molar refractivity (Wildman–Crippen MR) is 230 cm³/mol. The molecule has 1 saturated heterocycles. The number of aryl methyl sites for hydroxylation is 1. The van der Waals surface area contributed by atoms with Crippen LogP contribution in [0.3, 0.4) is 0 Å². The van der Waals surface area contributed by atoms with Gasteiger partial charge in [0.15, 0.2) is 0 Å². The lowest BCUT2D eigenvalue weighted by atomic mass is 9.97. The monoisotopic (exact) mass is 878 g/mol. The van der Waals surface area contributed by atoms with Crippen LogP contribution < -0.4 is 21.3 Å². The van der Waals surface area contributed by atoms with Crippen molar-refractivity contribution in [1.29, 1.82) is 0 Å². The van der Waals surface area contributed by atoms with E-state index in [4.69, 9.17) is 9.47 Å². The lowest BCUT2D eigenvalue weighted by Crippen LogP contribution is -2.45. The smallest absolute Gasteiger partial charge is 0.335 e. The van der Waals surface area contributed by atoms with E-state index < -0.39 is 62.1 Å². The van der Waals surface area contributed by atoms with Crippen LogP contribution in [0.1, 0.15) is 72.6 Å². The molecule has 14 nitrogen and oxygen atoms in total. The Morgan fingerprint density at radius 1 is 0.857 bits per heavy atom. The number of aromatic nitrogens is 4. The van der Waals surface area contributed by atoms with Gasteiger partial charge in [-0.25, -0.2) is 41.3 Å². The Balaban J connectivity index is 0.977. The topological polar surface area (TPSA) is 181 Å². The van der Waals surface area contributed by atoms with Crippen LogP contribution in [0, 0.1) is 11.6 Å². The number of fused-ring (bicyclic) bond motifs is 1. The highest BCUT2D eigenvalue weighted by molar-refractivity contribution is 7.92. The Morgan fingerprint density at radius 3 is 2.24 bits per heavy atom. The number of rotatable bonds is 12. The summed E-state index contributed by atoms with van der Waals surface area (Å²) >= 11 is 0. The molecule has 0 unspecified atom stereocenters. The second-order valence-electron chi connectivity index (χ2n) is 15.8. The maximum atomic E-state index is 15.6. The second kappa shape index (κ2) is 18.4. The van der Waals surface area contributed by atoms with Gasteiger partial charge in [0.2, 0.25) is 0 Å². The fraction of sp³-hybridized carbons (Fsp3) is 0.304. The number of nitrogens with one attached hydrogen (secondary N) is 2. The highest BCUT2D eigenvalue weighted by atomic mass is 32.2. The van der Waals surface area contributed by atoms with E-state index in [1.807, 2.05) is 0 Å². The van der Waals surface area contributed by atoms with Crippen LogP contribution >= 0.6 is 0 Å². The summed E-state index contributed by atoms with van der Waals surface area (Å²) in [6, 6.07) is 18.4. The zero-order chi connectivity index (χ0) is 44.3. The molecule has 1 amide bonds. The van der Waals surface area contributed by atoms with E-state index >= 15 is 8.78 Å². The maximum Gasteiger partial charge on any atom is 0.335 e. The lowest BCUT2D eigenvalue weighted by Gasteiger charge is -2.25. The molecule has 6 aromatic rings. The van der Waals surface area contributed by atoms with E-state index in [1.165, 1.54) is 28.8 Å². The number of carbonyl (C=O) groups is 2. The number of ether oxygens (including phenoxy) is 2. The molecule has 0 spiro atoms. The molecule has 2 aromatic heterocycles. The quantitative estimate of drug-likeness (QED) is 0.132. The van der Waals surface area contributed by atoms with Crippen LogP contribution in [-0.4, -0.2) is 64.8 Å². The molecule has 326 valence electrons. The van der Waals surface area contributed by atoms with Crippen molar-refractivity contribution in [2.45, 2.75) is 74.3 Å². The summed E-state index contributed by atoms with van der Waals surface area (Å²) in [4.78, 5) is 62.5. The molecule has 2 fully saturated rings. The number of carbonyl (C=O) groups excluding carboxylic acids is 2. The third-order valence-corrected chi connectivity index (χ3v) is 12.9. The van der Waals surface area contributed by atoms with Crippen molar-refractivity contribution >= 4 is 38.5 Å². The van der Waals surface area contributed by atoms with Gasteiger partial charge in [-0.2, -0.15) is 0 Å². The van der Waals surface area contributed by atoms with Gasteiger partial charge in [-0.3, -0.25) is 18.9 Å². The standard InChI is InChI=1S/C46H44F2N6O8S/c1-53-41-10-6-5-9-35(41)44(56)54(46(53)58)32-15-11-28(12-16-32)23-40(45(57)62-33-7-3-2-4-8-33)51-43(55)36-24-38(48)39(25-37(36)47)52-63(59,60)34-17-13-29(14-18-34)31-26-49-42(50-27-31)30-19-21-61-22-20-30/h5-6,9-18,24-27,30,33,40,52H,2-4,7-8,19-23H2,1H3,(H,51,55)/t40-/m0/s1. The minimum absolute atomic E-state index is 0.141. The molecule has 0 radical (unpaired) electrons. The molecule has 1 aliphatic heterocycles. The first-order valence-electron chi connectivity index (χ1n) is 20.7. The molecular weight excluding hydrogens is 835 g/mol. The van der Waals surface area contributed by atoms with Crippen molar-refractivity contribution in [2.75, 3.05) is 17.9 Å². The first-order valence-corrected chi connectivity index (χ1v) is 22.2. The van der Waals surface area contributed by atoms with Crippen molar-refractivity contribution in [3.8, 4) is 16.8 Å². The van der Waals surface area contributed by atoms with Crippen molar-refractivity contribution in [1.82, 2.24) is 24.4 Å². The van der Waals surface area contributed by atoms with E-state index in [0.29, 0.717) is 65.8 Å². The summed E-state index contributed by atoms with van der Waals surface area (Å²) in [5, 5.41) is 2.83. The van der Waals surface area contributed by atoms with E-state index in [0.717, 1.165) is 42.5 Å². The van der Waals surface area contributed by atoms with E-state index in [-0.39, 0.29) is 29.0 Å². The molecular formula is C46H44F2N6O8S. The van der Waals surface area contributed by atoms with Crippen LogP contribution in [0.2, 0.25) is 0 Å². The fourth-order valence-electron chi connectivity index (χ4n) is 7.99. The van der Waals surface area contributed by atoms with Gasteiger partial charge >= 0.3 is 11.7 Å². The van der Waals surface area contributed by atoms with Gasteiger partial charge < -0.3 is 14.8 Å². The minimum atomic E-state index is -4.42. The summed E-state index contributed by atoms with van der Waals surface area (Å²) < 4.78 is 73.5. The molecule has 0 bridgehead atoms. The van der Waals surface area contributed by atoms with Crippen molar-refractivity contribution < 1.29 is 36.3 Å². The summed E-state index contributed by atoms with van der Waals surface area (Å²) in [6.45, 7) is 1.30. The van der Waals surface area contributed by atoms with Gasteiger partial charge in [-0.15, -0.1) is 0 Å². The van der Waals surface area contributed by atoms with E-state index in [9.17, 15) is 27.6 Å². The molecule has 8 rings (SSSR count). The molecule has 4 aromatic carbocycles. The molecule has 1 atom stereocenters. The largest absolute Gasteiger partial charge is 0.461 e. The van der Waals surface area contributed by atoms with Crippen molar-refractivity contribution in [3.63, 3.8) is 0 Å². The van der Waals surface area contributed by atoms with Gasteiger partial charge in [0.05, 0.1) is 32.7 Å². The second-order valence-corrected chi connectivity index (χ2v) is 17.4. The first kappa shape index (κ1) is 43.1. The number of amides is 1. The van der Waals surface area contributed by atoms with Crippen LogP contribution in [0.4, 0.5) is 14.5 Å². The van der Waals surface area contributed by atoms with Crippen LogP contribution in [-0.2, 0) is 37.8 Å². The highest BCUT2D eigenvalue weighted by Crippen LogP contribution is 2.28. The Bertz CT molecular complexity index is 2890. The minimum Gasteiger partial charge on any atom is -0.461 e. The van der Waals surface area contributed by atoms with Crippen molar-refractivity contribution in [2.24, 2.45) is 7.05 Å². The van der Waals surface area contributed by atoms with Gasteiger partial charge in [-0.05, 0) is 92.1 Å². The number of hydrogen-bond acceptors (Lipinski definition) is 10. The predicted octanol–water partition coefficient (Wildman–Crippen LogP) is 6.34. The summed E-state index contributed by atoms with van der Waals surface area (Å²) in [5.74, 6) is -3.49. The van der Waals surface area contributed by atoms with E-state index in [2.05, 4.69) is 20.0 Å². The Kier molecular flexibility index (Phi) is 12.6. The Hall–Kier alpha value is -6.59. The highest BCUT2D eigenvalue weighted by Gasteiger charge is 2.29. The molecule has 17 heteroatoms. The summed E-state index contributed by atoms with van der Waals surface area (Å²) in [7, 11) is -2.86. The first-order chi connectivity index (χ1) is 30.4. The van der Waals surface area contributed by atoms with Gasteiger partial charge in [-0.1, -0.05) is 42.8 Å². The maximum absolute atomic E-state index is 15.6. The average molecular weight is 879 g/mol. The van der Waals surface area contributed by atoms with Gasteiger partial charge in [0.25, 0.3) is 21.5 Å². The summed E-state index contributed by atoms with van der Waals surface area (Å²) in [6.07, 6.45) is 8.45. The number of nitrogens with zero attached hydrogens (tertiary/aromatic N) is 4. The normalized spacial score (nSPS) is 15.5. The number of anilines is 1. The SMILES string of the molecule is Cn1c(=O)n(-c2ccc(C[C@H](NC(=O)c3cc(F)c(NS(=O)(=O)c4ccc(-c5cnc(C6CCOCC6)nc5)cc4)cc3F)C(=O)OC3CCCCC3)cc2)c(=O)c2ccccc21. The molecule has 1 saturated carbocycles. The number of sulfonamides is 1. The zero-order valence-electron chi connectivity index (χ0n) is 34.3. The number of benzene rings is 4. The molecule has 1 aliphatic carbocycles. The number of halogens is 2.